The van der Waals surface area contributed by atoms with Crippen LogP contribution in [0.2, 0.25) is 5.02 Å². The van der Waals surface area contributed by atoms with E-state index in [-0.39, 0.29) is 12.1 Å². The fraction of sp³-hybridized carbons (Fsp3) is 0.417. The molecular formula is C12H15ClN2O. The third kappa shape index (κ3) is 2.14. The molecular weight excluding hydrogens is 224 g/mol. The van der Waals surface area contributed by atoms with Crippen LogP contribution in [-0.2, 0) is 0 Å². The summed E-state index contributed by atoms with van der Waals surface area (Å²) >= 11 is 6.13. The lowest BCUT2D eigenvalue weighted by Crippen LogP contribution is -2.47. The van der Waals surface area contributed by atoms with Crippen molar-refractivity contribution in [2.45, 2.75) is 19.4 Å². The van der Waals surface area contributed by atoms with Crippen molar-refractivity contribution in [3.8, 4) is 0 Å². The van der Waals surface area contributed by atoms with Crippen molar-refractivity contribution in [3.63, 3.8) is 0 Å². The molecule has 1 saturated heterocycles. The number of amides is 2. The molecule has 2 amide bonds. The zero-order valence-electron chi connectivity index (χ0n) is 9.24. The Bertz CT molecular complexity index is 394. The standard InChI is InChI=1S/C12H15ClN2O/c1-9(10-5-2-3-6-11(10)13)15-8-4-7-14-12(15)16/h2-3,5-6,9H,4,7-8H2,1H3,(H,14,16). The largest absolute Gasteiger partial charge is 0.338 e. The van der Waals surface area contributed by atoms with Gasteiger partial charge in [0.2, 0.25) is 0 Å². The fourth-order valence-electron chi connectivity index (χ4n) is 2.00. The molecule has 0 radical (unpaired) electrons. The maximum atomic E-state index is 11.7. The summed E-state index contributed by atoms with van der Waals surface area (Å²) in [5.41, 5.74) is 1.00. The Morgan fingerprint density at radius 1 is 1.44 bits per heavy atom. The Hall–Kier alpha value is -1.22. The van der Waals surface area contributed by atoms with Gasteiger partial charge in [-0.3, -0.25) is 0 Å². The maximum Gasteiger partial charge on any atom is 0.317 e. The Balaban J connectivity index is 2.21. The first-order valence-corrected chi connectivity index (χ1v) is 5.87. The molecule has 1 aliphatic rings. The van der Waals surface area contributed by atoms with Crippen molar-refractivity contribution in [2.24, 2.45) is 0 Å². The van der Waals surface area contributed by atoms with Crippen LogP contribution in [0.25, 0.3) is 0 Å². The van der Waals surface area contributed by atoms with Crippen molar-refractivity contribution < 1.29 is 4.79 Å². The van der Waals surface area contributed by atoms with E-state index in [1.165, 1.54) is 0 Å². The summed E-state index contributed by atoms with van der Waals surface area (Å²) < 4.78 is 0. The van der Waals surface area contributed by atoms with Crippen LogP contribution in [0.15, 0.2) is 24.3 Å². The molecule has 0 bridgehead atoms. The van der Waals surface area contributed by atoms with Crippen LogP contribution in [0.5, 0.6) is 0 Å². The highest BCUT2D eigenvalue weighted by atomic mass is 35.5. The number of halogens is 1. The molecule has 1 aliphatic heterocycles. The predicted molar refractivity (Wildman–Crippen MR) is 64.6 cm³/mol. The lowest BCUT2D eigenvalue weighted by atomic mass is 10.1. The molecule has 0 spiro atoms. The number of carbonyl (C=O) groups is 1. The summed E-state index contributed by atoms with van der Waals surface area (Å²) in [4.78, 5) is 13.5. The molecule has 1 aromatic carbocycles. The van der Waals surface area contributed by atoms with Crippen LogP contribution < -0.4 is 5.32 Å². The van der Waals surface area contributed by atoms with Crippen molar-refractivity contribution >= 4 is 17.6 Å². The van der Waals surface area contributed by atoms with Gasteiger partial charge in [-0.15, -0.1) is 0 Å². The summed E-state index contributed by atoms with van der Waals surface area (Å²) in [7, 11) is 0. The fourth-order valence-corrected chi connectivity index (χ4v) is 2.29. The molecule has 0 aliphatic carbocycles. The van der Waals surface area contributed by atoms with Crippen molar-refractivity contribution in [2.75, 3.05) is 13.1 Å². The van der Waals surface area contributed by atoms with Gasteiger partial charge in [-0.1, -0.05) is 29.8 Å². The van der Waals surface area contributed by atoms with Gasteiger partial charge in [0.15, 0.2) is 0 Å². The second-order valence-electron chi connectivity index (χ2n) is 3.98. The molecule has 2 rings (SSSR count). The van der Waals surface area contributed by atoms with Crippen LogP contribution in [0.3, 0.4) is 0 Å². The number of hydrogen-bond acceptors (Lipinski definition) is 1. The Morgan fingerprint density at radius 3 is 2.88 bits per heavy atom. The summed E-state index contributed by atoms with van der Waals surface area (Å²) in [5.74, 6) is 0. The van der Waals surface area contributed by atoms with E-state index < -0.39 is 0 Å². The van der Waals surface area contributed by atoms with Crippen molar-refractivity contribution in [3.05, 3.63) is 34.9 Å². The van der Waals surface area contributed by atoms with E-state index in [2.05, 4.69) is 5.32 Å². The molecule has 1 unspecified atom stereocenters. The molecule has 1 heterocycles. The van der Waals surface area contributed by atoms with Gasteiger partial charge < -0.3 is 10.2 Å². The van der Waals surface area contributed by atoms with Crippen molar-refractivity contribution in [1.82, 2.24) is 10.2 Å². The van der Waals surface area contributed by atoms with Crippen molar-refractivity contribution in [1.29, 1.82) is 0 Å². The summed E-state index contributed by atoms with van der Waals surface area (Å²) in [6.07, 6.45) is 0.987. The minimum absolute atomic E-state index is 0.00123. The number of benzene rings is 1. The first kappa shape index (κ1) is 11.3. The number of nitrogens with one attached hydrogen (secondary N) is 1. The van der Waals surface area contributed by atoms with Crippen LogP contribution in [0.4, 0.5) is 4.79 Å². The molecule has 16 heavy (non-hydrogen) atoms. The van der Waals surface area contributed by atoms with Gasteiger partial charge in [0.1, 0.15) is 0 Å². The van der Waals surface area contributed by atoms with Gasteiger partial charge in [0, 0.05) is 18.1 Å². The number of hydrogen-bond donors (Lipinski definition) is 1. The van der Waals surface area contributed by atoms with E-state index in [1.807, 2.05) is 36.1 Å². The smallest absolute Gasteiger partial charge is 0.317 e. The minimum atomic E-state index is -0.00123. The third-order valence-corrected chi connectivity index (χ3v) is 3.28. The second-order valence-corrected chi connectivity index (χ2v) is 4.38. The zero-order valence-corrected chi connectivity index (χ0v) is 10.00. The summed E-state index contributed by atoms with van der Waals surface area (Å²) in [6.45, 7) is 3.56. The average molecular weight is 239 g/mol. The lowest BCUT2D eigenvalue weighted by molar-refractivity contribution is 0.166. The summed E-state index contributed by atoms with van der Waals surface area (Å²) in [5, 5.41) is 3.56. The Morgan fingerprint density at radius 2 is 2.19 bits per heavy atom. The number of rotatable bonds is 2. The SMILES string of the molecule is CC(c1ccccc1Cl)N1CCCNC1=O. The highest BCUT2D eigenvalue weighted by Gasteiger charge is 2.24. The highest BCUT2D eigenvalue weighted by Crippen LogP contribution is 2.27. The molecule has 4 heteroatoms. The minimum Gasteiger partial charge on any atom is -0.338 e. The molecule has 0 saturated carbocycles. The van der Waals surface area contributed by atoms with Gasteiger partial charge in [-0.05, 0) is 25.0 Å². The highest BCUT2D eigenvalue weighted by molar-refractivity contribution is 6.31. The number of nitrogens with zero attached hydrogens (tertiary/aromatic N) is 1. The maximum absolute atomic E-state index is 11.7. The monoisotopic (exact) mass is 238 g/mol. The van der Waals surface area contributed by atoms with Crippen LogP contribution in [0.1, 0.15) is 24.9 Å². The number of carbonyl (C=O) groups excluding carboxylic acids is 1. The third-order valence-electron chi connectivity index (χ3n) is 2.94. The first-order chi connectivity index (χ1) is 7.70. The summed E-state index contributed by atoms with van der Waals surface area (Å²) in [6, 6.07) is 7.69. The number of urea groups is 1. The predicted octanol–water partition coefficient (Wildman–Crippen LogP) is 2.82. The van der Waals surface area contributed by atoms with E-state index in [0.29, 0.717) is 5.02 Å². The van der Waals surface area contributed by atoms with Gasteiger partial charge in [-0.2, -0.15) is 0 Å². The molecule has 0 aromatic heterocycles. The van der Waals surface area contributed by atoms with Gasteiger partial charge in [-0.25, -0.2) is 4.79 Å². The van der Waals surface area contributed by atoms with Gasteiger partial charge in [0.25, 0.3) is 0 Å². The molecule has 1 fully saturated rings. The Kier molecular flexibility index (Phi) is 3.34. The molecule has 86 valence electrons. The molecule has 3 nitrogen and oxygen atoms in total. The zero-order chi connectivity index (χ0) is 11.5. The lowest BCUT2D eigenvalue weighted by Gasteiger charge is -2.33. The quantitative estimate of drug-likeness (QED) is 0.844. The molecule has 1 atom stereocenters. The van der Waals surface area contributed by atoms with Gasteiger partial charge in [0.05, 0.1) is 6.04 Å². The first-order valence-electron chi connectivity index (χ1n) is 5.49. The second kappa shape index (κ2) is 4.74. The van der Waals surface area contributed by atoms with Crippen LogP contribution in [-0.4, -0.2) is 24.0 Å². The van der Waals surface area contributed by atoms with E-state index in [9.17, 15) is 4.79 Å². The van der Waals surface area contributed by atoms with Gasteiger partial charge >= 0.3 is 6.03 Å². The molecule has 1 N–H and O–H groups in total. The van der Waals surface area contributed by atoms with E-state index >= 15 is 0 Å². The van der Waals surface area contributed by atoms with E-state index in [1.54, 1.807) is 0 Å². The van der Waals surface area contributed by atoms with E-state index in [4.69, 9.17) is 11.6 Å². The topological polar surface area (TPSA) is 32.3 Å². The van der Waals surface area contributed by atoms with Crippen LogP contribution in [0, 0.1) is 0 Å². The normalized spacial score (nSPS) is 18.1. The van der Waals surface area contributed by atoms with E-state index in [0.717, 1.165) is 25.1 Å². The Labute approximate surface area is 100 Å². The average Bonchev–Trinajstić information content (AvgIpc) is 2.29. The molecule has 1 aromatic rings. The van der Waals surface area contributed by atoms with Crippen LogP contribution >= 0.6 is 11.6 Å².